The van der Waals surface area contributed by atoms with Crippen LogP contribution in [0.15, 0.2) is 0 Å². The summed E-state index contributed by atoms with van der Waals surface area (Å²) >= 11 is 0. The highest BCUT2D eigenvalue weighted by Crippen LogP contribution is 2.76. The van der Waals surface area contributed by atoms with Crippen molar-refractivity contribution in [2.45, 2.75) is 209 Å². The van der Waals surface area contributed by atoms with Gasteiger partial charge >= 0.3 is 41.8 Å². The predicted molar refractivity (Wildman–Crippen MR) is 245 cm³/mol. The van der Waals surface area contributed by atoms with Crippen molar-refractivity contribution < 1.29 is 76.2 Å². The minimum absolute atomic E-state index is 0.147. The molecule has 4 unspecified atom stereocenters. The maximum atomic E-state index is 13.3. The Kier molecular flexibility index (Phi) is 17.9. The fourth-order valence-corrected chi connectivity index (χ4v) is 14.3. The molecular weight excluding hydrogens is 883 g/mol. The number of nitrogens with one attached hydrogen (secondary N) is 1. The van der Waals surface area contributed by atoms with Crippen molar-refractivity contribution in [1.82, 2.24) is 5.32 Å². The summed E-state index contributed by atoms with van der Waals surface area (Å²) in [5, 5.41) is 3.34. The van der Waals surface area contributed by atoms with Crippen molar-refractivity contribution >= 4 is 41.8 Å². The van der Waals surface area contributed by atoms with Gasteiger partial charge < -0.3 is 47.9 Å². The van der Waals surface area contributed by atoms with Crippen LogP contribution in [-0.4, -0.2) is 117 Å². The quantitative estimate of drug-likeness (QED) is 0.0808. The summed E-state index contributed by atoms with van der Waals surface area (Å²) in [5.74, 6) is -3.80. The van der Waals surface area contributed by atoms with Gasteiger partial charge in [0.2, 0.25) is 0 Å². The molecule has 0 aromatic carbocycles. The zero-order chi connectivity index (χ0) is 50.6. The van der Waals surface area contributed by atoms with E-state index in [2.05, 4.69) is 39.9 Å². The molecule has 1 N–H and O–H groups in total. The van der Waals surface area contributed by atoms with E-state index in [0.717, 1.165) is 32.1 Å². The first-order valence-corrected chi connectivity index (χ1v) is 24.9. The summed E-state index contributed by atoms with van der Waals surface area (Å²) in [6.07, 6.45) is 0.162. The lowest BCUT2D eigenvalue weighted by Gasteiger charge is -2.70. The number of rotatable bonds is 19. The molecule has 0 aromatic rings. The van der Waals surface area contributed by atoms with Crippen LogP contribution in [0.4, 0.5) is 0 Å². The molecule has 386 valence electrons. The number of carbonyl (C=O) groups excluding carboxylic acids is 7. The van der Waals surface area contributed by atoms with E-state index in [1.165, 1.54) is 41.5 Å². The van der Waals surface area contributed by atoms with E-state index in [1.54, 1.807) is 6.92 Å². The van der Waals surface area contributed by atoms with Crippen LogP contribution >= 0.6 is 0 Å². The van der Waals surface area contributed by atoms with E-state index < -0.39 is 72.9 Å². The maximum Gasteiger partial charge on any atom is 0.307 e. The molecule has 15 atom stereocenters. The molecule has 17 nitrogen and oxygen atoms in total. The maximum absolute atomic E-state index is 13.3. The molecule has 4 saturated carbocycles. The molecule has 1 aliphatic heterocycles. The van der Waals surface area contributed by atoms with E-state index in [9.17, 15) is 33.6 Å². The van der Waals surface area contributed by atoms with Crippen LogP contribution < -0.4 is 5.32 Å². The molecule has 17 heteroatoms. The number of hydrogen-bond acceptors (Lipinski definition) is 17. The fourth-order valence-electron chi connectivity index (χ4n) is 14.3. The molecule has 0 aromatic heterocycles. The van der Waals surface area contributed by atoms with Gasteiger partial charge in [-0.2, -0.15) is 0 Å². The monoisotopic (exact) mass is 964 g/mol. The first kappa shape index (κ1) is 55.1. The normalized spacial score (nSPS) is 36.8. The highest BCUT2D eigenvalue weighted by molar-refractivity contribution is 5.70. The second-order valence-electron chi connectivity index (χ2n) is 21.8. The van der Waals surface area contributed by atoms with Crippen LogP contribution in [0, 0.1) is 45.3 Å². The molecule has 68 heavy (non-hydrogen) atoms. The van der Waals surface area contributed by atoms with Crippen molar-refractivity contribution in [2.75, 3.05) is 26.3 Å². The number of unbranched alkanes of at least 4 members (excludes halogenated alkanes) is 1. The van der Waals surface area contributed by atoms with Gasteiger partial charge in [-0.1, -0.05) is 34.6 Å². The molecule has 5 aliphatic rings. The van der Waals surface area contributed by atoms with Gasteiger partial charge in [0.05, 0.1) is 18.6 Å². The van der Waals surface area contributed by atoms with Gasteiger partial charge in [0.1, 0.15) is 24.9 Å². The Morgan fingerprint density at radius 3 is 1.85 bits per heavy atom. The number of carbonyl (C=O) groups is 7. The Balaban J connectivity index is 1.57. The minimum Gasteiger partial charge on any atom is -0.466 e. The topological polar surface area (TPSA) is 215 Å². The smallest absolute Gasteiger partial charge is 0.307 e. The van der Waals surface area contributed by atoms with Gasteiger partial charge in [-0.05, 0) is 119 Å². The summed E-state index contributed by atoms with van der Waals surface area (Å²) in [4.78, 5) is 88.0. The summed E-state index contributed by atoms with van der Waals surface area (Å²) in [6.45, 7) is 24.1. The van der Waals surface area contributed by atoms with Gasteiger partial charge in [0.25, 0.3) is 0 Å². The molecule has 0 bridgehead atoms. The minimum atomic E-state index is -1.43. The lowest BCUT2D eigenvalue weighted by Crippen LogP contribution is -2.67. The van der Waals surface area contributed by atoms with Crippen molar-refractivity contribution in [3.05, 3.63) is 0 Å². The zero-order valence-corrected chi connectivity index (χ0v) is 43.0. The molecule has 0 radical (unpaired) electrons. The van der Waals surface area contributed by atoms with E-state index in [0.29, 0.717) is 51.8 Å². The van der Waals surface area contributed by atoms with Gasteiger partial charge in [0.15, 0.2) is 24.6 Å². The molecular formula is C51H81NO16. The standard InChI is InChI=1S/C51H81NO16/c1-14-60-41(59)20-26-52-25-16-15-21-51(13,68-46-45(66-34(7)58)44(65-33(6)57)43(64-32(5)56)37(67-46)28-61-29(2)53)35-17-23-50(12)42(35)36(62-30(3)54)27-39-48(10)22-19-40(63-31(4)55)47(8,9)38(48)18-24-49(39,50)11/h35-40,42-46,52H,14-28H2,1-13H3/t35?,36?,37-,38?,39?,40+,42+,43-,44+,45-,46-,48+,49-,50-,51+/m1/s1. The van der Waals surface area contributed by atoms with Crippen LogP contribution in [0.5, 0.6) is 0 Å². The van der Waals surface area contributed by atoms with E-state index in [-0.39, 0.29) is 75.8 Å². The average Bonchev–Trinajstić information content (AvgIpc) is 3.60. The lowest BCUT2D eigenvalue weighted by molar-refractivity contribution is -0.339. The van der Waals surface area contributed by atoms with Crippen LogP contribution in [0.25, 0.3) is 0 Å². The predicted octanol–water partition coefficient (Wildman–Crippen LogP) is 6.72. The van der Waals surface area contributed by atoms with Crippen molar-refractivity contribution in [3.8, 4) is 0 Å². The Bertz CT molecular complexity index is 1850. The van der Waals surface area contributed by atoms with Crippen molar-refractivity contribution in [3.63, 3.8) is 0 Å². The van der Waals surface area contributed by atoms with E-state index >= 15 is 0 Å². The van der Waals surface area contributed by atoms with Gasteiger partial charge in [-0.3, -0.25) is 33.6 Å². The van der Waals surface area contributed by atoms with Gasteiger partial charge in [0, 0.05) is 59.4 Å². The van der Waals surface area contributed by atoms with Gasteiger partial charge in [-0.15, -0.1) is 0 Å². The number of ether oxygens (including phenoxy) is 9. The number of fused-ring (bicyclic) bond motifs is 5. The summed E-state index contributed by atoms with van der Waals surface area (Å²) < 4.78 is 54.3. The summed E-state index contributed by atoms with van der Waals surface area (Å²) in [6, 6.07) is 0. The highest BCUT2D eigenvalue weighted by atomic mass is 16.7. The fraction of sp³-hybridized carbons (Fsp3) is 0.863. The van der Waals surface area contributed by atoms with Crippen LogP contribution in [0.2, 0.25) is 0 Å². The molecule has 0 spiro atoms. The molecule has 0 amide bonds. The number of esters is 7. The lowest BCUT2D eigenvalue weighted by atomic mass is 9.35. The molecule has 1 heterocycles. The first-order chi connectivity index (χ1) is 31.7. The Labute approximate surface area is 403 Å². The third-order valence-electron chi connectivity index (χ3n) is 17.1. The number of hydrogen-bond donors (Lipinski definition) is 1. The second kappa shape index (κ2) is 22.1. The van der Waals surface area contributed by atoms with E-state index in [4.69, 9.17) is 42.6 Å². The molecule has 5 fully saturated rings. The van der Waals surface area contributed by atoms with E-state index in [1.807, 2.05) is 6.92 Å². The second-order valence-corrected chi connectivity index (χ2v) is 21.8. The molecule has 5 rings (SSSR count). The third-order valence-corrected chi connectivity index (χ3v) is 17.1. The summed E-state index contributed by atoms with van der Waals surface area (Å²) in [7, 11) is 0. The molecule has 1 saturated heterocycles. The van der Waals surface area contributed by atoms with Crippen LogP contribution in [0.3, 0.4) is 0 Å². The van der Waals surface area contributed by atoms with Crippen molar-refractivity contribution in [2.24, 2.45) is 45.3 Å². The Morgan fingerprint density at radius 1 is 0.647 bits per heavy atom. The molecule has 4 aliphatic carbocycles. The van der Waals surface area contributed by atoms with Crippen LogP contribution in [0.1, 0.15) is 161 Å². The Morgan fingerprint density at radius 2 is 1.25 bits per heavy atom. The Hall–Kier alpha value is -3.83. The van der Waals surface area contributed by atoms with Crippen molar-refractivity contribution in [1.29, 1.82) is 0 Å². The van der Waals surface area contributed by atoms with Crippen LogP contribution in [-0.2, 0) is 76.2 Å². The zero-order valence-electron chi connectivity index (χ0n) is 43.0. The first-order valence-electron chi connectivity index (χ1n) is 24.9. The largest absolute Gasteiger partial charge is 0.466 e. The highest BCUT2D eigenvalue weighted by Gasteiger charge is 2.73. The average molecular weight is 964 g/mol. The summed E-state index contributed by atoms with van der Waals surface area (Å²) in [5.41, 5.74) is -2.06. The van der Waals surface area contributed by atoms with Gasteiger partial charge in [-0.25, -0.2) is 0 Å². The third kappa shape index (κ3) is 11.7. The SMILES string of the molecule is CCOC(=O)CCNCCCC[C@](C)(O[C@H]1O[C@H](COC(C)=O)[C@@H](OC(C)=O)[C@H](OC(C)=O)[C@H]1OC(C)=O)C1CC[C@]2(C)[C@@H]1C(OC(C)=O)CC1[C@@]3(C)CC[C@H](OC(C)=O)C(C)(C)C3CC[C@]12C.